The van der Waals surface area contributed by atoms with Crippen molar-refractivity contribution in [2.75, 3.05) is 7.11 Å². The second-order valence-corrected chi connectivity index (χ2v) is 6.89. The summed E-state index contributed by atoms with van der Waals surface area (Å²) in [7, 11) is 1.65. The molecule has 0 aliphatic heterocycles. The van der Waals surface area contributed by atoms with Crippen LogP contribution in [0.5, 0.6) is 5.75 Å². The first-order chi connectivity index (χ1) is 12.5. The number of aryl methyl sites for hydroxylation is 2. The van der Waals surface area contributed by atoms with E-state index in [0.29, 0.717) is 17.4 Å². The number of halogens is 1. The maximum absolute atomic E-state index is 11.3. The highest BCUT2D eigenvalue weighted by Gasteiger charge is 2.18. The van der Waals surface area contributed by atoms with Crippen LogP contribution in [-0.4, -0.2) is 27.7 Å². The normalized spacial score (nSPS) is 10.9. The number of benzene rings is 1. The Bertz CT molecular complexity index is 756. The van der Waals surface area contributed by atoms with Gasteiger partial charge >= 0.3 is 5.97 Å². The lowest BCUT2D eigenvalue weighted by Gasteiger charge is -2.13. The lowest BCUT2D eigenvalue weighted by atomic mass is 10.1. The number of imidazole rings is 1. The number of nitrogens with zero attached hydrogens (tertiary/aromatic N) is 2. The van der Waals surface area contributed by atoms with Gasteiger partial charge in [-0.3, -0.25) is 4.79 Å². The van der Waals surface area contributed by atoms with Gasteiger partial charge in [0.25, 0.3) is 0 Å². The number of ether oxygens (including phenoxy) is 1. The zero-order valence-electron chi connectivity index (χ0n) is 15.7. The van der Waals surface area contributed by atoms with Gasteiger partial charge in [0.05, 0.1) is 19.2 Å². The Kier molecular flexibility index (Phi) is 7.51. The lowest BCUT2D eigenvalue weighted by molar-refractivity contribution is -0.136. The van der Waals surface area contributed by atoms with Crippen LogP contribution in [0.25, 0.3) is 0 Å². The number of carbonyl (C=O) groups is 1. The average Bonchev–Trinajstić information content (AvgIpc) is 2.87. The van der Waals surface area contributed by atoms with Gasteiger partial charge in [-0.25, -0.2) is 4.98 Å². The zero-order chi connectivity index (χ0) is 19.1. The molecule has 0 amide bonds. The summed E-state index contributed by atoms with van der Waals surface area (Å²) in [5.74, 6) is 0.787. The van der Waals surface area contributed by atoms with Gasteiger partial charge in [0.15, 0.2) is 5.15 Å². The van der Waals surface area contributed by atoms with Gasteiger partial charge in [0.1, 0.15) is 11.6 Å². The van der Waals surface area contributed by atoms with E-state index < -0.39 is 5.97 Å². The van der Waals surface area contributed by atoms with Crippen LogP contribution in [0.3, 0.4) is 0 Å². The second kappa shape index (κ2) is 9.62. The van der Waals surface area contributed by atoms with Gasteiger partial charge in [-0.05, 0) is 30.5 Å². The van der Waals surface area contributed by atoms with E-state index in [1.807, 2.05) is 23.6 Å². The summed E-state index contributed by atoms with van der Waals surface area (Å²) in [4.78, 5) is 15.7. The fourth-order valence-corrected chi connectivity index (χ4v) is 3.39. The molecule has 1 aromatic heterocycles. The molecule has 0 unspecified atom stereocenters. The monoisotopic (exact) mass is 378 g/mol. The Balaban J connectivity index is 2.29. The SMILES string of the molecule is CCCCCCc1nc(Cl)c(CC(=O)O)n1Cc1ccc(OC)c(C)c1. The summed E-state index contributed by atoms with van der Waals surface area (Å²) in [5.41, 5.74) is 2.68. The highest BCUT2D eigenvalue weighted by Crippen LogP contribution is 2.24. The molecule has 0 fully saturated rings. The van der Waals surface area contributed by atoms with Crippen LogP contribution < -0.4 is 4.74 Å². The summed E-state index contributed by atoms with van der Waals surface area (Å²) in [6.07, 6.45) is 5.19. The highest BCUT2D eigenvalue weighted by atomic mass is 35.5. The van der Waals surface area contributed by atoms with Crippen molar-refractivity contribution in [3.63, 3.8) is 0 Å². The lowest BCUT2D eigenvalue weighted by Crippen LogP contribution is -2.12. The minimum atomic E-state index is -0.906. The summed E-state index contributed by atoms with van der Waals surface area (Å²) in [6, 6.07) is 5.98. The molecular weight excluding hydrogens is 352 g/mol. The number of aromatic nitrogens is 2. The first-order valence-electron chi connectivity index (χ1n) is 9.05. The Morgan fingerprint density at radius 2 is 2.08 bits per heavy atom. The fourth-order valence-electron chi connectivity index (χ4n) is 3.13. The highest BCUT2D eigenvalue weighted by molar-refractivity contribution is 6.30. The van der Waals surface area contributed by atoms with Gasteiger partial charge in [0.2, 0.25) is 0 Å². The van der Waals surface area contributed by atoms with Crippen molar-refractivity contribution in [2.24, 2.45) is 0 Å². The Labute approximate surface area is 160 Å². The van der Waals surface area contributed by atoms with Crippen LogP contribution in [0.1, 0.15) is 55.3 Å². The van der Waals surface area contributed by atoms with Gasteiger partial charge in [-0.2, -0.15) is 0 Å². The standard InChI is InChI=1S/C20H27ClN2O3/c1-4-5-6-7-8-18-22-20(21)16(12-19(24)25)23(18)13-15-9-10-17(26-3)14(2)11-15/h9-11H,4-8,12-13H2,1-3H3,(H,24,25). The van der Waals surface area contributed by atoms with E-state index in [2.05, 4.69) is 18.0 Å². The van der Waals surface area contributed by atoms with Gasteiger partial charge in [-0.15, -0.1) is 0 Å². The molecule has 1 N–H and O–H groups in total. The number of rotatable bonds is 10. The summed E-state index contributed by atoms with van der Waals surface area (Å²) >= 11 is 6.26. The van der Waals surface area contributed by atoms with Crippen molar-refractivity contribution in [1.29, 1.82) is 0 Å². The Morgan fingerprint density at radius 3 is 2.69 bits per heavy atom. The van der Waals surface area contributed by atoms with Crippen molar-refractivity contribution in [3.8, 4) is 5.75 Å². The maximum atomic E-state index is 11.3. The van der Waals surface area contributed by atoms with E-state index in [-0.39, 0.29) is 6.42 Å². The number of aliphatic carboxylic acids is 1. The predicted octanol–water partition coefficient (Wildman–Crippen LogP) is 4.65. The number of hydrogen-bond donors (Lipinski definition) is 1. The average molecular weight is 379 g/mol. The van der Waals surface area contributed by atoms with Crippen LogP contribution in [0, 0.1) is 6.92 Å². The van der Waals surface area contributed by atoms with Crippen LogP contribution in [0.2, 0.25) is 5.15 Å². The molecule has 1 heterocycles. The van der Waals surface area contributed by atoms with Crippen LogP contribution >= 0.6 is 11.6 Å². The zero-order valence-corrected chi connectivity index (χ0v) is 16.5. The Morgan fingerprint density at radius 1 is 1.31 bits per heavy atom. The molecule has 2 rings (SSSR count). The Hall–Kier alpha value is -2.01. The molecule has 0 saturated heterocycles. The van der Waals surface area contributed by atoms with Crippen molar-refractivity contribution in [3.05, 3.63) is 46.0 Å². The molecule has 142 valence electrons. The molecule has 0 bridgehead atoms. The fraction of sp³-hybridized carbons (Fsp3) is 0.500. The van der Waals surface area contributed by atoms with Crippen LogP contribution in [0.15, 0.2) is 18.2 Å². The number of unbranched alkanes of at least 4 members (excludes halogenated alkanes) is 3. The van der Waals surface area contributed by atoms with E-state index in [9.17, 15) is 9.90 Å². The minimum absolute atomic E-state index is 0.129. The van der Waals surface area contributed by atoms with Gasteiger partial charge in [-0.1, -0.05) is 49.9 Å². The van der Waals surface area contributed by atoms with E-state index in [1.54, 1.807) is 7.11 Å². The first-order valence-corrected chi connectivity index (χ1v) is 9.43. The molecular formula is C20H27ClN2O3. The van der Waals surface area contributed by atoms with E-state index in [1.165, 1.54) is 12.8 Å². The molecule has 0 aliphatic rings. The molecule has 0 saturated carbocycles. The third kappa shape index (κ3) is 5.24. The molecule has 5 nitrogen and oxygen atoms in total. The number of methoxy groups -OCH3 is 1. The molecule has 26 heavy (non-hydrogen) atoms. The minimum Gasteiger partial charge on any atom is -0.496 e. The summed E-state index contributed by atoms with van der Waals surface area (Å²) in [6.45, 7) is 4.72. The predicted molar refractivity (Wildman–Crippen MR) is 103 cm³/mol. The molecule has 0 spiro atoms. The third-order valence-corrected chi connectivity index (χ3v) is 4.78. The van der Waals surface area contributed by atoms with Gasteiger partial charge in [0, 0.05) is 13.0 Å². The number of hydrogen-bond acceptors (Lipinski definition) is 3. The van der Waals surface area contributed by atoms with Crippen LogP contribution in [-0.2, 0) is 24.2 Å². The molecule has 6 heteroatoms. The van der Waals surface area contributed by atoms with Gasteiger partial charge < -0.3 is 14.4 Å². The summed E-state index contributed by atoms with van der Waals surface area (Å²) in [5, 5.41) is 9.53. The second-order valence-electron chi connectivity index (χ2n) is 6.54. The smallest absolute Gasteiger partial charge is 0.309 e. The summed E-state index contributed by atoms with van der Waals surface area (Å²) < 4.78 is 7.27. The topological polar surface area (TPSA) is 64.3 Å². The van der Waals surface area contributed by atoms with Crippen molar-refractivity contribution in [1.82, 2.24) is 9.55 Å². The molecule has 0 aliphatic carbocycles. The van der Waals surface area contributed by atoms with Crippen molar-refractivity contribution < 1.29 is 14.6 Å². The van der Waals surface area contributed by atoms with E-state index in [0.717, 1.165) is 42.0 Å². The molecule has 2 aromatic rings. The molecule has 0 radical (unpaired) electrons. The third-order valence-electron chi connectivity index (χ3n) is 4.48. The first kappa shape index (κ1) is 20.3. The number of carboxylic acid groups (broad SMARTS) is 1. The maximum Gasteiger partial charge on any atom is 0.309 e. The van der Waals surface area contributed by atoms with Crippen molar-refractivity contribution >= 4 is 17.6 Å². The quantitative estimate of drug-likeness (QED) is 0.611. The number of carboxylic acids is 1. The molecule has 0 atom stereocenters. The van der Waals surface area contributed by atoms with Crippen LogP contribution in [0.4, 0.5) is 0 Å². The largest absolute Gasteiger partial charge is 0.496 e. The molecule has 1 aromatic carbocycles. The van der Waals surface area contributed by atoms with E-state index in [4.69, 9.17) is 16.3 Å². The van der Waals surface area contributed by atoms with E-state index >= 15 is 0 Å². The van der Waals surface area contributed by atoms with Crippen molar-refractivity contribution in [2.45, 2.75) is 58.9 Å².